The molecule has 2 aromatic rings. The van der Waals surface area contributed by atoms with E-state index in [0.29, 0.717) is 16.9 Å². The summed E-state index contributed by atoms with van der Waals surface area (Å²) in [5, 5.41) is 21.8. The van der Waals surface area contributed by atoms with Crippen LogP contribution in [0.2, 0.25) is 0 Å². The summed E-state index contributed by atoms with van der Waals surface area (Å²) in [7, 11) is 0. The quantitative estimate of drug-likeness (QED) is 0.867. The van der Waals surface area contributed by atoms with Crippen molar-refractivity contribution in [2.75, 3.05) is 0 Å². The monoisotopic (exact) mass is 255 g/mol. The van der Waals surface area contributed by atoms with E-state index in [4.69, 9.17) is 10.4 Å². The second-order valence-corrected chi connectivity index (χ2v) is 3.88. The summed E-state index contributed by atoms with van der Waals surface area (Å²) >= 11 is 0. The molecular formula is C13H9N3O3. The number of carboxylic acids is 1. The second kappa shape index (κ2) is 4.74. The van der Waals surface area contributed by atoms with Crippen molar-refractivity contribution in [3.05, 3.63) is 57.5 Å². The first kappa shape index (κ1) is 12.5. The van der Waals surface area contributed by atoms with Crippen LogP contribution in [0.1, 0.15) is 21.6 Å². The van der Waals surface area contributed by atoms with Gasteiger partial charge in [0.25, 0.3) is 5.56 Å². The van der Waals surface area contributed by atoms with Crippen molar-refractivity contribution in [1.82, 2.24) is 9.78 Å². The molecule has 0 spiro atoms. The van der Waals surface area contributed by atoms with Gasteiger partial charge in [0.1, 0.15) is 5.56 Å². The summed E-state index contributed by atoms with van der Waals surface area (Å²) in [4.78, 5) is 23.0. The van der Waals surface area contributed by atoms with E-state index < -0.39 is 11.5 Å². The maximum Gasteiger partial charge on any atom is 0.341 e. The van der Waals surface area contributed by atoms with E-state index in [9.17, 15) is 9.59 Å². The van der Waals surface area contributed by atoms with Crippen LogP contribution < -0.4 is 5.56 Å². The van der Waals surface area contributed by atoms with Gasteiger partial charge in [-0.05, 0) is 31.2 Å². The third kappa shape index (κ3) is 2.35. The van der Waals surface area contributed by atoms with Crippen molar-refractivity contribution in [1.29, 1.82) is 5.26 Å². The fourth-order valence-electron chi connectivity index (χ4n) is 1.65. The van der Waals surface area contributed by atoms with Crippen molar-refractivity contribution in [2.45, 2.75) is 6.92 Å². The third-order valence-electron chi connectivity index (χ3n) is 2.48. The smallest absolute Gasteiger partial charge is 0.341 e. The van der Waals surface area contributed by atoms with Gasteiger partial charge in [-0.3, -0.25) is 4.79 Å². The van der Waals surface area contributed by atoms with Crippen molar-refractivity contribution in [3.63, 3.8) is 0 Å². The summed E-state index contributed by atoms with van der Waals surface area (Å²) < 4.78 is 0.986. The van der Waals surface area contributed by atoms with Crippen LogP contribution in [0, 0.1) is 18.3 Å². The van der Waals surface area contributed by atoms with Crippen LogP contribution in [0.4, 0.5) is 0 Å². The topological polar surface area (TPSA) is 96.0 Å². The summed E-state index contributed by atoms with van der Waals surface area (Å²) in [6, 6.07) is 9.41. The molecule has 0 saturated heterocycles. The number of carboxylic acid groups (broad SMARTS) is 1. The maximum absolute atomic E-state index is 12.0. The van der Waals surface area contributed by atoms with Gasteiger partial charge in [0.15, 0.2) is 0 Å². The SMILES string of the molecule is Cc1cc(C(=O)O)c(=O)n(-c2cccc(C#N)c2)n1. The molecule has 0 unspecified atom stereocenters. The standard InChI is InChI=1S/C13H9N3O3/c1-8-5-11(13(18)19)12(17)16(15-8)10-4-2-3-9(6-10)7-14/h2-6H,1H3,(H,18,19). The first-order valence-electron chi connectivity index (χ1n) is 5.37. The molecule has 2 rings (SSSR count). The molecule has 1 aromatic heterocycles. The fourth-order valence-corrected chi connectivity index (χ4v) is 1.65. The van der Waals surface area contributed by atoms with Crippen molar-refractivity contribution >= 4 is 5.97 Å². The molecule has 1 heterocycles. The molecule has 0 aliphatic rings. The average Bonchev–Trinajstić information content (AvgIpc) is 2.40. The van der Waals surface area contributed by atoms with Gasteiger partial charge in [-0.2, -0.15) is 15.0 Å². The number of aryl methyl sites for hydroxylation is 1. The van der Waals surface area contributed by atoms with Crippen LogP contribution in [0.25, 0.3) is 5.69 Å². The molecule has 1 aromatic carbocycles. The normalized spacial score (nSPS) is 9.89. The molecule has 0 amide bonds. The molecule has 6 heteroatoms. The van der Waals surface area contributed by atoms with Gasteiger partial charge in [-0.1, -0.05) is 6.07 Å². The highest BCUT2D eigenvalue weighted by Gasteiger charge is 2.14. The Kier molecular flexibility index (Phi) is 3.12. The second-order valence-electron chi connectivity index (χ2n) is 3.88. The van der Waals surface area contributed by atoms with E-state index >= 15 is 0 Å². The predicted octanol–water partition coefficient (Wildman–Crippen LogP) is 1.11. The number of hydrogen-bond acceptors (Lipinski definition) is 4. The van der Waals surface area contributed by atoms with Gasteiger partial charge in [0.2, 0.25) is 0 Å². The highest BCUT2D eigenvalue weighted by molar-refractivity contribution is 5.87. The number of benzene rings is 1. The minimum Gasteiger partial charge on any atom is -0.477 e. The molecule has 94 valence electrons. The Morgan fingerprint density at radius 3 is 2.79 bits per heavy atom. The zero-order valence-electron chi connectivity index (χ0n) is 9.99. The van der Waals surface area contributed by atoms with Crippen molar-refractivity contribution in [2.24, 2.45) is 0 Å². The highest BCUT2D eigenvalue weighted by Crippen LogP contribution is 2.08. The Hall–Kier alpha value is -2.94. The lowest BCUT2D eigenvalue weighted by Gasteiger charge is -2.07. The van der Waals surface area contributed by atoms with Gasteiger partial charge in [-0.15, -0.1) is 0 Å². The van der Waals surface area contributed by atoms with E-state index in [1.165, 1.54) is 12.1 Å². The van der Waals surface area contributed by atoms with Gasteiger partial charge < -0.3 is 5.11 Å². The largest absolute Gasteiger partial charge is 0.477 e. The lowest BCUT2D eigenvalue weighted by Crippen LogP contribution is -2.27. The van der Waals surface area contributed by atoms with Crippen LogP contribution >= 0.6 is 0 Å². The predicted molar refractivity (Wildman–Crippen MR) is 66.2 cm³/mol. The lowest BCUT2D eigenvalue weighted by molar-refractivity contribution is 0.0694. The molecule has 0 bridgehead atoms. The van der Waals surface area contributed by atoms with Gasteiger partial charge in [0, 0.05) is 0 Å². The Bertz CT molecular complexity index is 756. The highest BCUT2D eigenvalue weighted by atomic mass is 16.4. The number of aromatic carboxylic acids is 1. The molecule has 1 N–H and O–H groups in total. The summed E-state index contributed by atoms with van der Waals surface area (Å²) in [6.45, 7) is 1.59. The molecule has 0 fully saturated rings. The minimum absolute atomic E-state index is 0.352. The number of carbonyl (C=O) groups is 1. The van der Waals surface area contributed by atoms with Crippen LogP contribution in [-0.2, 0) is 0 Å². The molecule has 0 saturated carbocycles. The molecular weight excluding hydrogens is 246 g/mol. The van der Waals surface area contributed by atoms with Crippen LogP contribution in [0.3, 0.4) is 0 Å². The Morgan fingerprint density at radius 1 is 1.42 bits per heavy atom. The summed E-state index contributed by atoms with van der Waals surface area (Å²) in [5.41, 5.74) is 0.0437. The Balaban J connectivity index is 2.72. The molecule has 6 nitrogen and oxygen atoms in total. The van der Waals surface area contributed by atoms with Gasteiger partial charge in [0.05, 0.1) is 23.0 Å². The number of nitrogens with zero attached hydrogens (tertiary/aromatic N) is 3. The molecule has 0 aliphatic heterocycles. The van der Waals surface area contributed by atoms with E-state index in [-0.39, 0.29) is 5.56 Å². The third-order valence-corrected chi connectivity index (χ3v) is 2.48. The lowest BCUT2D eigenvalue weighted by atomic mass is 10.2. The van der Waals surface area contributed by atoms with Crippen molar-refractivity contribution < 1.29 is 9.90 Å². The van der Waals surface area contributed by atoms with E-state index in [2.05, 4.69) is 5.10 Å². The average molecular weight is 255 g/mol. The van der Waals surface area contributed by atoms with Crippen LogP contribution in [0.5, 0.6) is 0 Å². The summed E-state index contributed by atoms with van der Waals surface area (Å²) in [6.07, 6.45) is 0. The molecule has 0 atom stereocenters. The first-order valence-corrected chi connectivity index (χ1v) is 5.37. The molecule has 19 heavy (non-hydrogen) atoms. The van der Waals surface area contributed by atoms with Crippen molar-refractivity contribution in [3.8, 4) is 11.8 Å². The van der Waals surface area contributed by atoms with E-state index in [1.54, 1.807) is 25.1 Å². The number of rotatable bonds is 2. The fraction of sp³-hybridized carbons (Fsp3) is 0.0769. The van der Waals surface area contributed by atoms with Gasteiger partial charge >= 0.3 is 5.97 Å². The van der Waals surface area contributed by atoms with Gasteiger partial charge in [-0.25, -0.2) is 4.79 Å². The first-order chi connectivity index (χ1) is 9.02. The van der Waals surface area contributed by atoms with E-state index in [0.717, 1.165) is 4.68 Å². The van der Waals surface area contributed by atoms with E-state index in [1.807, 2.05) is 6.07 Å². The van der Waals surface area contributed by atoms with Crippen LogP contribution in [-0.4, -0.2) is 20.9 Å². The summed E-state index contributed by atoms with van der Waals surface area (Å²) in [5.74, 6) is -1.30. The molecule has 0 aliphatic carbocycles. The maximum atomic E-state index is 12.0. The van der Waals surface area contributed by atoms with Crippen LogP contribution in [0.15, 0.2) is 35.1 Å². The molecule has 0 radical (unpaired) electrons. The minimum atomic E-state index is -1.30. The number of aromatic nitrogens is 2. The number of hydrogen-bond donors (Lipinski definition) is 1. The zero-order valence-corrected chi connectivity index (χ0v) is 9.99. The number of nitriles is 1. The Labute approximate surface area is 108 Å². The Morgan fingerprint density at radius 2 is 2.16 bits per heavy atom. The zero-order chi connectivity index (χ0) is 14.0.